The number of hydrogen-bond acceptors (Lipinski definition) is 4. The van der Waals surface area contributed by atoms with Crippen molar-refractivity contribution in [2.75, 3.05) is 13.7 Å². The molecule has 0 aliphatic carbocycles. The van der Waals surface area contributed by atoms with E-state index in [1.165, 1.54) is 7.11 Å². The first-order valence-electron chi connectivity index (χ1n) is 6.51. The number of ether oxygens (including phenoxy) is 2. The van der Waals surface area contributed by atoms with Crippen molar-refractivity contribution in [2.45, 2.75) is 0 Å². The molecule has 0 bridgehead atoms. The maximum Gasteiger partial charge on any atom is 0.338 e. The van der Waals surface area contributed by atoms with E-state index in [1.807, 2.05) is 18.2 Å². The predicted molar refractivity (Wildman–Crippen MR) is 79.5 cm³/mol. The first kappa shape index (κ1) is 13.8. The normalized spacial score (nSPS) is 10.5. The number of carboxylic acids is 1. The maximum atomic E-state index is 11.7. The Labute approximate surface area is 125 Å². The predicted octanol–water partition coefficient (Wildman–Crippen LogP) is 2.70. The minimum Gasteiger partial charge on any atom is -0.494 e. The van der Waals surface area contributed by atoms with E-state index in [2.05, 4.69) is 0 Å². The lowest BCUT2D eigenvalue weighted by molar-refractivity contribution is 0.0701. The minimum atomic E-state index is -1.03. The summed E-state index contributed by atoms with van der Waals surface area (Å²) < 4.78 is 12.3. The summed E-state index contributed by atoms with van der Waals surface area (Å²) in [6, 6.07) is 10.7. The Morgan fingerprint density at radius 1 is 1.41 bits per heavy atom. The van der Waals surface area contributed by atoms with E-state index >= 15 is 0 Å². The molecule has 0 saturated carbocycles. The second kappa shape index (κ2) is 5.30. The Hall–Kier alpha value is -3.20. The van der Waals surface area contributed by atoms with Crippen LogP contribution in [0.3, 0.4) is 0 Å². The number of aromatic nitrogens is 1. The molecule has 0 aliphatic heterocycles. The maximum absolute atomic E-state index is 11.7. The van der Waals surface area contributed by atoms with Gasteiger partial charge < -0.3 is 19.0 Å². The zero-order valence-corrected chi connectivity index (χ0v) is 11.7. The van der Waals surface area contributed by atoms with Crippen molar-refractivity contribution >= 4 is 22.4 Å². The van der Waals surface area contributed by atoms with E-state index < -0.39 is 5.97 Å². The Balaban J connectivity index is 2.42. The highest BCUT2D eigenvalue weighted by molar-refractivity contribution is 6.12. The van der Waals surface area contributed by atoms with Crippen LogP contribution < -0.4 is 9.47 Å². The second-order valence-corrected chi connectivity index (χ2v) is 4.61. The van der Waals surface area contributed by atoms with Crippen molar-refractivity contribution < 1.29 is 19.4 Å². The summed E-state index contributed by atoms with van der Waals surface area (Å²) in [5.74, 6) is -0.213. The molecule has 0 saturated heterocycles. The second-order valence-electron chi connectivity index (χ2n) is 4.61. The zero-order chi connectivity index (χ0) is 15.7. The molecule has 1 N–H and O–H groups in total. The fraction of sp³-hybridized carbons (Fsp3) is 0.125. The molecule has 110 valence electrons. The fourth-order valence-corrected chi connectivity index (χ4v) is 2.57. The van der Waals surface area contributed by atoms with E-state index in [-0.39, 0.29) is 12.2 Å². The van der Waals surface area contributed by atoms with Crippen LogP contribution in [0.15, 0.2) is 36.5 Å². The lowest BCUT2D eigenvalue weighted by Gasteiger charge is -2.09. The molecular weight excluding hydrogens is 284 g/mol. The van der Waals surface area contributed by atoms with Gasteiger partial charge in [0.2, 0.25) is 0 Å². The Bertz CT molecular complexity index is 921. The molecule has 3 aromatic rings. The first-order valence-corrected chi connectivity index (χ1v) is 6.51. The van der Waals surface area contributed by atoms with E-state index in [0.717, 1.165) is 5.52 Å². The molecule has 2 heterocycles. The van der Waals surface area contributed by atoms with Crippen LogP contribution in [0.5, 0.6) is 11.5 Å². The van der Waals surface area contributed by atoms with Crippen LogP contribution in [-0.2, 0) is 0 Å². The molecule has 2 aromatic heterocycles. The van der Waals surface area contributed by atoms with Crippen molar-refractivity contribution in [1.82, 2.24) is 4.40 Å². The van der Waals surface area contributed by atoms with Crippen molar-refractivity contribution in [3.63, 3.8) is 0 Å². The molecule has 22 heavy (non-hydrogen) atoms. The van der Waals surface area contributed by atoms with Crippen molar-refractivity contribution in [3.8, 4) is 17.6 Å². The molecular formula is C16H12N2O4. The lowest BCUT2D eigenvalue weighted by atomic mass is 10.1. The molecule has 0 fully saturated rings. The van der Waals surface area contributed by atoms with Gasteiger partial charge in [-0.1, -0.05) is 18.2 Å². The first-order chi connectivity index (χ1) is 10.7. The number of rotatable bonds is 4. The number of hydrogen-bond donors (Lipinski definition) is 1. The van der Waals surface area contributed by atoms with Crippen molar-refractivity contribution in [3.05, 3.63) is 42.1 Å². The number of fused-ring (bicyclic) bond motifs is 3. The highest BCUT2D eigenvalue weighted by Gasteiger charge is 2.21. The molecule has 1 aromatic carbocycles. The molecule has 0 aliphatic rings. The van der Waals surface area contributed by atoms with E-state index in [9.17, 15) is 9.90 Å². The fourth-order valence-electron chi connectivity index (χ4n) is 2.57. The Kier molecular flexibility index (Phi) is 3.31. The van der Waals surface area contributed by atoms with Gasteiger partial charge in [-0.25, -0.2) is 4.79 Å². The molecule has 0 radical (unpaired) electrons. The third-order valence-electron chi connectivity index (χ3n) is 3.41. The largest absolute Gasteiger partial charge is 0.494 e. The standard InChI is InChI=1S/C16H12N2O4/c1-21-13-8-10(22-7-6-17)9-18-12-5-3-2-4-11(12)14(15(13)18)16(19)20/h2-5,8-9H,7H2,1H3,(H,19,20). The molecule has 0 unspecified atom stereocenters. The Morgan fingerprint density at radius 2 is 2.18 bits per heavy atom. The lowest BCUT2D eigenvalue weighted by Crippen LogP contribution is -2.00. The average Bonchev–Trinajstić information content (AvgIpc) is 2.87. The number of carbonyl (C=O) groups is 1. The number of benzene rings is 1. The van der Waals surface area contributed by atoms with Gasteiger partial charge in [-0.2, -0.15) is 5.26 Å². The van der Waals surface area contributed by atoms with Gasteiger partial charge in [0.05, 0.1) is 24.4 Å². The van der Waals surface area contributed by atoms with Crippen LogP contribution in [0.1, 0.15) is 10.4 Å². The molecule has 3 rings (SSSR count). The number of para-hydroxylation sites is 1. The van der Waals surface area contributed by atoms with Crippen molar-refractivity contribution in [2.24, 2.45) is 0 Å². The summed E-state index contributed by atoms with van der Waals surface area (Å²) >= 11 is 0. The monoisotopic (exact) mass is 296 g/mol. The van der Waals surface area contributed by atoms with Gasteiger partial charge >= 0.3 is 5.97 Å². The van der Waals surface area contributed by atoms with Crippen LogP contribution in [-0.4, -0.2) is 29.2 Å². The van der Waals surface area contributed by atoms with Gasteiger partial charge in [0, 0.05) is 11.5 Å². The van der Waals surface area contributed by atoms with Crippen LogP contribution in [0.25, 0.3) is 16.4 Å². The third kappa shape index (κ3) is 2.00. The summed E-state index contributed by atoms with van der Waals surface area (Å²) in [5.41, 5.74) is 1.37. The molecule has 0 amide bonds. The average molecular weight is 296 g/mol. The van der Waals surface area contributed by atoms with Crippen molar-refractivity contribution in [1.29, 1.82) is 5.26 Å². The summed E-state index contributed by atoms with van der Waals surface area (Å²) in [6.07, 6.45) is 1.66. The van der Waals surface area contributed by atoms with Gasteiger partial charge in [0.25, 0.3) is 0 Å². The number of aromatic carboxylic acids is 1. The molecule has 0 spiro atoms. The van der Waals surface area contributed by atoms with Gasteiger partial charge in [-0.15, -0.1) is 0 Å². The highest BCUT2D eigenvalue weighted by Crippen LogP contribution is 2.35. The third-order valence-corrected chi connectivity index (χ3v) is 3.41. The molecule has 6 heteroatoms. The van der Waals surface area contributed by atoms with Gasteiger partial charge in [-0.05, 0) is 6.07 Å². The number of pyridine rings is 1. The van der Waals surface area contributed by atoms with Crippen LogP contribution in [0, 0.1) is 11.3 Å². The smallest absolute Gasteiger partial charge is 0.338 e. The van der Waals surface area contributed by atoms with Crippen LogP contribution >= 0.6 is 0 Å². The Morgan fingerprint density at radius 3 is 2.86 bits per heavy atom. The van der Waals surface area contributed by atoms with Gasteiger partial charge in [0.1, 0.15) is 23.1 Å². The summed E-state index contributed by atoms with van der Waals surface area (Å²) in [7, 11) is 1.46. The highest BCUT2D eigenvalue weighted by atomic mass is 16.5. The van der Waals surface area contributed by atoms with Crippen LogP contribution in [0.2, 0.25) is 0 Å². The summed E-state index contributed by atoms with van der Waals surface area (Å²) in [4.78, 5) is 11.7. The number of nitrogens with zero attached hydrogens (tertiary/aromatic N) is 2. The van der Waals surface area contributed by atoms with E-state index in [0.29, 0.717) is 22.4 Å². The molecule has 6 nitrogen and oxygen atoms in total. The molecule has 0 atom stereocenters. The topological polar surface area (TPSA) is 84.0 Å². The quantitative estimate of drug-likeness (QED) is 0.800. The van der Waals surface area contributed by atoms with Gasteiger partial charge in [0.15, 0.2) is 6.61 Å². The summed E-state index contributed by atoms with van der Waals surface area (Å²) in [5, 5.41) is 18.8. The van der Waals surface area contributed by atoms with Crippen LogP contribution in [0.4, 0.5) is 0 Å². The summed E-state index contributed by atoms with van der Waals surface area (Å²) in [6.45, 7) is -0.0976. The van der Waals surface area contributed by atoms with E-state index in [1.54, 1.807) is 28.8 Å². The van der Waals surface area contributed by atoms with E-state index in [4.69, 9.17) is 14.7 Å². The number of nitriles is 1. The van der Waals surface area contributed by atoms with Gasteiger partial charge in [-0.3, -0.25) is 0 Å². The SMILES string of the molecule is COc1cc(OCC#N)cn2c1c(C(=O)O)c1ccccc12. The number of methoxy groups -OCH3 is 1. The number of carboxylic acid groups (broad SMARTS) is 1. The minimum absolute atomic E-state index is 0.0976. The zero-order valence-electron chi connectivity index (χ0n) is 11.7.